The van der Waals surface area contributed by atoms with E-state index in [1.165, 1.54) is 0 Å². The molecule has 12 heavy (non-hydrogen) atoms. The van der Waals surface area contributed by atoms with Crippen LogP contribution in [0.5, 0.6) is 0 Å². The highest BCUT2D eigenvalue weighted by Crippen LogP contribution is 2.10. The summed E-state index contributed by atoms with van der Waals surface area (Å²) in [6, 6.07) is 0. The van der Waals surface area contributed by atoms with E-state index in [1.54, 1.807) is 11.3 Å². The molecule has 0 bridgehead atoms. The molecule has 0 saturated heterocycles. The van der Waals surface area contributed by atoms with Gasteiger partial charge in [-0.1, -0.05) is 0 Å². The molecule has 1 aliphatic heterocycles. The van der Waals surface area contributed by atoms with Crippen LogP contribution in [-0.4, -0.2) is 16.7 Å². The molecule has 0 N–H and O–H groups in total. The van der Waals surface area contributed by atoms with Gasteiger partial charge in [0.25, 0.3) is 0 Å². The number of amidine groups is 2. The molecular formula is C7H7N4S. The first-order valence-corrected chi connectivity index (χ1v) is 4.40. The number of hydrogen-bond donors (Lipinski definition) is 0. The minimum absolute atomic E-state index is 0.622. The fraction of sp³-hybridized carbons (Fsp3) is 0.286. The second-order valence-electron chi connectivity index (χ2n) is 2.43. The van der Waals surface area contributed by atoms with Crippen molar-refractivity contribution in [2.75, 3.05) is 0 Å². The Bertz CT molecular complexity index is 363. The summed E-state index contributed by atoms with van der Waals surface area (Å²) in [6.45, 7) is 3.77. The lowest BCUT2D eigenvalue weighted by Crippen LogP contribution is -2.16. The van der Waals surface area contributed by atoms with Gasteiger partial charge in [-0.15, -0.1) is 21.5 Å². The van der Waals surface area contributed by atoms with E-state index in [-0.39, 0.29) is 0 Å². The summed E-state index contributed by atoms with van der Waals surface area (Å²) >= 11 is 1.59. The van der Waals surface area contributed by atoms with Crippen molar-refractivity contribution >= 4 is 23.0 Å². The monoisotopic (exact) mass is 179 g/mol. The van der Waals surface area contributed by atoms with E-state index < -0.39 is 0 Å². The van der Waals surface area contributed by atoms with Gasteiger partial charge in [0.05, 0.1) is 5.01 Å². The molecule has 5 heteroatoms. The van der Waals surface area contributed by atoms with E-state index in [2.05, 4.69) is 20.5 Å². The standard InChI is InChI=1S/C7H7N4S/c1-4-8-7(11-10-4)6-3-12-5(2)9-6/h3H,1-2H3. The van der Waals surface area contributed by atoms with Crippen molar-refractivity contribution in [3.05, 3.63) is 16.1 Å². The minimum Gasteiger partial charge on any atom is -0.238 e. The third kappa shape index (κ3) is 1.23. The molecule has 0 fully saturated rings. The van der Waals surface area contributed by atoms with Gasteiger partial charge in [0.15, 0.2) is 5.84 Å². The maximum absolute atomic E-state index is 4.25. The molecule has 0 saturated carbocycles. The second kappa shape index (κ2) is 2.67. The topological polar surface area (TPSA) is 51.7 Å². The first kappa shape index (κ1) is 7.42. The Morgan fingerprint density at radius 1 is 1.25 bits per heavy atom. The quantitative estimate of drug-likeness (QED) is 0.638. The van der Waals surface area contributed by atoms with Gasteiger partial charge in [-0.2, -0.15) is 0 Å². The van der Waals surface area contributed by atoms with Crippen LogP contribution in [0.2, 0.25) is 0 Å². The zero-order chi connectivity index (χ0) is 8.55. The predicted octanol–water partition coefficient (Wildman–Crippen LogP) is 1.15. The first-order chi connectivity index (χ1) is 5.75. The maximum atomic E-state index is 4.25. The molecule has 1 radical (unpaired) electrons. The van der Waals surface area contributed by atoms with Crippen LogP contribution >= 0.6 is 11.3 Å². The molecule has 0 unspecified atom stereocenters. The number of nitrogens with zero attached hydrogens (tertiary/aromatic N) is 4. The summed E-state index contributed by atoms with van der Waals surface area (Å²) in [4.78, 5) is 4.25. The fourth-order valence-electron chi connectivity index (χ4n) is 0.892. The smallest absolute Gasteiger partial charge is 0.203 e. The normalized spacial score (nSPS) is 15.5. The van der Waals surface area contributed by atoms with E-state index in [0.717, 1.165) is 10.7 Å². The second-order valence-corrected chi connectivity index (χ2v) is 3.50. The van der Waals surface area contributed by atoms with Crippen molar-refractivity contribution in [3.63, 3.8) is 0 Å². The highest BCUT2D eigenvalue weighted by Gasteiger charge is 2.14. The summed E-state index contributed by atoms with van der Waals surface area (Å²) in [7, 11) is 0. The molecule has 1 aromatic rings. The van der Waals surface area contributed by atoms with Crippen molar-refractivity contribution in [2.45, 2.75) is 13.8 Å². The Morgan fingerprint density at radius 2 is 2.08 bits per heavy atom. The predicted molar refractivity (Wildman–Crippen MR) is 48.6 cm³/mol. The van der Waals surface area contributed by atoms with Crippen LogP contribution in [-0.2, 0) is 0 Å². The molecular weight excluding hydrogens is 172 g/mol. The van der Waals surface area contributed by atoms with Gasteiger partial charge in [0, 0.05) is 5.38 Å². The van der Waals surface area contributed by atoms with Crippen LogP contribution in [0.1, 0.15) is 17.6 Å². The molecule has 0 amide bonds. The molecule has 4 nitrogen and oxygen atoms in total. The number of aromatic nitrogens is 1. The zero-order valence-corrected chi connectivity index (χ0v) is 7.59. The van der Waals surface area contributed by atoms with Gasteiger partial charge in [0.1, 0.15) is 5.69 Å². The average molecular weight is 179 g/mol. The molecule has 0 atom stereocenters. The van der Waals surface area contributed by atoms with Gasteiger partial charge in [-0.3, -0.25) is 0 Å². The van der Waals surface area contributed by atoms with Gasteiger partial charge >= 0.3 is 0 Å². The van der Waals surface area contributed by atoms with E-state index in [1.807, 2.05) is 19.2 Å². The number of aryl methyl sites for hydroxylation is 1. The van der Waals surface area contributed by atoms with Crippen molar-refractivity contribution in [1.82, 2.24) is 10.3 Å². The Hall–Kier alpha value is -1.23. The van der Waals surface area contributed by atoms with Crippen molar-refractivity contribution in [1.29, 1.82) is 0 Å². The molecule has 0 aromatic carbocycles. The summed E-state index contributed by atoms with van der Waals surface area (Å²) in [6.07, 6.45) is 0. The van der Waals surface area contributed by atoms with Crippen LogP contribution in [0.3, 0.4) is 0 Å². The van der Waals surface area contributed by atoms with Crippen LogP contribution in [0, 0.1) is 6.92 Å². The SMILES string of the molecule is CC1=NN=C(c2csc(C)n2)[N]1. The largest absolute Gasteiger partial charge is 0.238 e. The lowest BCUT2D eigenvalue weighted by Gasteiger charge is -1.91. The van der Waals surface area contributed by atoms with Crippen molar-refractivity contribution in [2.24, 2.45) is 10.2 Å². The fourth-order valence-corrected chi connectivity index (χ4v) is 1.48. The molecule has 61 valence electrons. The first-order valence-electron chi connectivity index (χ1n) is 3.52. The molecule has 0 aliphatic carbocycles. The summed E-state index contributed by atoms with van der Waals surface area (Å²) in [5, 5.41) is 14.8. The molecule has 2 heterocycles. The molecule has 1 aliphatic rings. The summed E-state index contributed by atoms with van der Waals surface area (Å²) in [5.74, 6) is 1.31. The molecule has 0 spiro atoms. The lowest BCUT2D eigenvalue weighted by atomic mass is 10.4. The Balaban J connectivity index is 2.24. The summed E-state index contributed by atoms with van der Waals surface area (Å²) in [5.41, 5.74) is 0.818. The zero-order valence-electron chi connectivity index (χ0n) is 6.77. The van der Waals surface area contributed by atoms with E-state index >= 15 is 0 Å². The Labute approximate surface area is 74.1 Å². The molecule has 2 rings (SSSR count). The van der Waals surface area contributed by atoms with Gasteiger partial charge in [-0.25, -0.2) is 10.3 Å². The van der Waals surface area contributed by atoms with Crippen LogP contribution in [0.25, 0.3) is 0 Å². The van der Waals surface area contributed by atoms with Gasteiger partial charge in [0.2, 0.25) is 5.84 Å². The van der Waals surface area contributed by atoms with E-state index in [4.69, 9.17) is 0 Å². The molecule has 1 aromatic heterocycles. The van der Waals surface area contributed by atoms with Crippen LogP contribution < -0.4 is 5.32 Å². The highest BCUT2D eigenvalue weighted by atomic mass is 32.1. The number of rotatable bonds is 1. The summed E-state index contributed by atoms with van der Waals surface area (Å²) < 4.78 is 0. The Kier molecular flexibility index (Phi) is 1.65. The third-order valence-corrected chi connectivity index (χ3v) is 2.18. The minimum atomic E-state index is 0.622. The lowest BCUT2D eigenvalue weighted by molar-refractivity contribution is 1.22. The number of hydrogen-bond acceptors (Lipinski definition) is 4. The maximum Gasteiger partial charge on any atom is 0.203 e. The van der Waals surface area contributed by atoms with E-state index in [0.29, 0.717) is 11.7 Å². The number of thiazole rings is 1. The van der Waals surface area contributed by atoms with Crippen molar-refractivity contribution in [3.8, 4) is 0 Å². The third-order valence-electron chi connectivity index (χ3n) is 1.41. The van der Waals surface area contributed by atoms with E-state index in [9.17, 15) is 0 Å². The van der Waals surface area contributed by atoms with Gasteiger partial charge in [-0.05, 0) is 13.8 Å². The van der Waals surface area contributed by atoms with Crippen LogP contribution in [0.15, 0.2) is 15.6 Å². The van der Waals surface area contributed by atoms with Crippen molar-refractivity contribution < 1.29 is 0 Å². The van der Waals surface area contributed by atoms with Crippen LogP contribution in [0.4, 0.5) is 0 Å². The van der Waals surface area contributed by atoms with Gasteiger partial charge < -0.3 is 0 Å². The Morgan fingerprint density at radius 3 is 2.58 bits per heavy atom. The highest BCUT2D eigenvalue weighted by molar-refractivity contribution is 7.09. The average Bonchev–Trinajstić information content (AvgIpc) is 2.58.